The summed E-state index contributed by atoms with van der Waals surface area (Å²) in [5, 5.41) is 3.71. The first-order chi connectivity index (χ1) is 17.5. The van der Waals surface area contributed by atoms with Crippen LogP contribution in [0.3, 0.4) is 0 Å². The van der Waals surface area contributed by atoms with Gasteiger partial charge in [0.2, 0.25) is 5.91 Å². The van der Waals surface area contributed by atoms with Crippen molar-refractivity contribution in [2.75, 3.05) is 39.8 Å². The van der Waals surface area contributed by atoms with E-state index >= 15 is 0 Å². The molecule has 0 aliphatic carbocycles. The first kappa shape index (κ1) is 30.7. The van der Waals surface area contributed by atoms with Gasteiger partial charge in [-0.25, -0.2) is 0 Å². The number of carbonyl (C=O) groups excluding carboxylic acids is 1. The number of halogens is 2. The number of carbonyl (C=O) groups is 1. The van der Waals surface area contributed by atoms with Crippen LogP contribution < -0.4 is 10.1 Å². The van der Waals surface area contributed by atoms with Gasteiger partial charge in [-0.15, -0.1) is 24.8 Å². The second-order valence-corrected chi connectivity index (χ2v) is 11.7. The highest BCUT2D eigenvalue weighted by Crippen LogP contribution is 2.44. The number of piperidine rings is 1. The highest BCUT2D eigenvalue weighted by Gasteiger charge is 2.49. The number of hydrogen-bond donors (Lipinski definition) is 1. The van der Waals surface area contributed by atoms with Crippen LogP contribution in [0, 0.1) is 17.3 Å². The van der Waals surface area contributed by atoms with E-state index in [-0.39, 0.29) is 30.2 Å². The van der Waals surface area contributed by atoms with Crippen molar-refractivity contribution in [1.29, 1.82) is 0 Å². The summed E-state index contributed by atoms with van der Waals surface area (Å²) in [5.74, 6) is 3.09. The molecule has 1 amide bonds. The Kier molecular flexibility index (Phi) is 10.9. The Labute approximate surface area is 241 Å². The van der Waals surface area contributed by atoms with E-state index in [2.05, 4.69) is 71.4 Å². The van der Waals surface area contributed by atoms with E-state index in [1.165, 1.54) is 17.5 Å². The molecule has 3 heterocycles. The lowest BCUT2D eigenvalue weighted by molar-refractivity contribution is -0.139. The summed E-state index contributed by atoms with van der Waals surface area (Å²) in [7, 11) is 1.69. The third-order valence-electron chi connectivity index (χ3n) is 9.05. The molecule has 1 spiro atoms. The van der Waals surface area contributed by atoms with Crippen molar-refractivity contribution in [3.05, 3.63) is 65.7 Å². The van der Waals surface area contributed by atoms with Crippen molar-refractivity contribution >= 4 is 30.7 Å². The molecule has 0 aromatic heterocycles. The molecule has 3 atom stereocenters. The molecule has 1 N–H and O–H groups in total. The molecule has 3 fully saturated rings. The van der Waals surface area contributed by atoms with E-state index in [0.29, 0.717) is 36.2 Å². The Morgan fingerprint density at radius 2 is 1.61 bits per heavy atom. The highest BCUT2D eigenvalue weighted by atomic mass is 35.5. The van der Waals surface area contributed by atoms with Gasteiger partial charge in [-0.2, -0.15) is 0 Å². The molecule has 0 radical (unpaired) electrons. The molecule has 7 heteroatoms. The third kappa shape index (κ3) is 6.50. The van der Waals surface area contributed by atoms with Gasteiger partial charge in [-0.05, 0) is 73.9 Å². The largest absolute Gasteiger partial charge is 0.497 e. The van der Waals surface area contributed by atoms with Crippen molar-refractivity contribution in [1.82, 2.24) is 15.1 Å². The second kappa shape index (κ2) is 13.5. The summed E-state index contributed by atoms with van der Waals surface area (Å²) in [4.78, 5) is 18.5. The summed E-state index contributed by atoms with van der Waals surface area (Å²) in [6, 6.07) is 19.8. The van der Waals surface area contributed by atoms with Gasteiger partial charge >= 0.3 is 0 Å². The van der Waals surface area contributed by atoms with Crippen molar-refractivity contribution in [2.24, 2.45) is 17.3 Å². The molecule has 3 saturated heterocycles. The lowest BCUT2D eigenvalue weighted by Gasteiger charge is -2.45. The van der Waals surface area contributed by atoms with E-state index in [0.717, 1.165) is 57.7 Å². The minimum Gasteiger partial charge on any atom is -0.497 e. The highest BCUT2D eigenvalue weighted by molar-refractivity contribution is 5.86. The molecule has 5 rings (SSSR count). The molecule has 3 aliphatic rings. The molecular weight excluding hydrogens is 517 g/mol. The molecule has 0 saturated carbocycles. The fourth-order valence-electron chi connectivity index (χ4n) is 6.99. The smallest absolute Gasteiger partial charge is 0.229 e. The number of methoxy groups -OCH3 is 1. The fraction of sp³-hybridized carbons (Fsp3) is 0.581. The van der Waals surface area contributed by atoms with Gasteiger partial charge in [-0.3, -0.25) is 9.69 Å². The van der Waals surface area contributed by atoms with Crippen molar-refractivity contribution in [2.45, 2.75) is 58.0 Å². The number of likely N-dealkylation sites (tertiary alicyclic amines) is 2. The summed E-state index contributed by atoms with van der Waals surface area (Å²) in [6.07, 6.45) is 4.22. The van der Waals surface area contributed by atoms with Gasteiger partial charge in [0.1, 0.15) is 5.75 Å². The van der Waals surface area contributed by atoms with Crippen molar-refractivity contribution < 1.29 is 9.53 Å². The summed E-state index contributed by atoms with van der Waals surface area (Å²) in [5.41, 5.74) is 2.49. The van der Waals surface area contributed by atoms with Crippen molar-refractivity contribution in [3.63, 3.8) is 0 Å². The molecule has 3 aliphatic heterocycles. The number of hydrogen-bond acceptors (Lipinski definition) is 4. The predicted molar refractivity (Wildman–Crippen MR) is 160 cm³/mol. The van der Waals surface area contributed by atoms with E-state index < -0.39 is 0 Å². The Morgan fingerprint density at radius 3 is 2.24 bits per heavy atom. The Morgan fingerprint density at radius 1 is 0.947 bits per heavy atom. The third-order valence-corrected chi connectivity index (χ3v) is 9.05. The van der Waals surface area contributed by atoms with Crippen LogP contribution in [0.25, 0.3) is 0 Å². The SMILES string of the molecule is COc1ccc(CN2CCC3(CCN(C(CC(C)C)[C@@H]4CNC[C@@H]4c4ccccc4)CC3)C2=O)cc1.Cl.Cl. The van der Waals surface area contributed by atoms with Crippen LogP contribution in [0.4, 0.5) is 0 Å². The zero-order valence-corrected chi connectivity index (χ0v) is 24.7. The van der Waals surface area contributed by atoms with Crippen LogP contribution in [0.15, 0.2) is 54.6 Å². The average molecular weight is 563 g/mol. The van der Waals surface area contributed by atoms with Crippen LogP contribution >= 0.6 is 24.8 Å². The predicted octanol–water partition coefficient (Wildman–Crippen LogP) is 5.77. The quantitative estimate of drug-likeness (QED) is 0.444. The first-order valence-electron chi connectivity index (χ1n) is 13.9. The van der Waals surface area contributed by atoms with E-state index in [1.807, 2.05) is 12.1 Å². The normalized spacial score (nSPS) is 23.8. The fourth-order valence-corrected chi connectivity index (χ4v) is 6.99. The zero-order valence-electron chi connectivity index (χ0n) is 23.1. The van der Waals surface area contributed by atoms with E-state index in [9.17, 15) is 4.79 Å². The van der Waals surface area contributed by atoms with Crippen molar-refractivity contribution in [3.8, 4) is 5.75 Å². The Hall–Kier alpha value is -1.79. The lowest BCUT2D eigenvalue weighted by atomic mass is 9.74. The number of amides is 1. The minimum atomic E-state index is -0.155. The monoisotopic (exact) mass is 561 g/mol. The lowest BCUT2D eigenvalue weighted by Crippen LogP contribution is -2.51. The number of benzene rings is 2. The number of nitrogens with one attached hydrogen (secondary N) is 1. The van der Waals surface area contributed by atoms with E-state index in [4.69, 9.17) is 4.74 Å². The molecule has 38 heavy (non-hydrogen) atoms. The number of rotatable bonds is 8. The van der Waals surface area contributed by atoms with Gasteiger partial charge in [0.25, 0.3) is 0 Å². The number of ether oxygens (including phenoxy) is 1. The Bertz CT molecular complexity index is 1010. The maximum atomic E-state index is 13.6. The van der Waals surface area contributed by atoms with Crippen LogP contribution in [-0.4, -0.2) is 61.6 Å². The van der Waals surface area contributed by atoms with Crippen LogP contribution in [0.1, 0.15) is 56.6 Å². The summed E-state index contributed by atoms with van der Waals surface area (Å²) < 4.78 is 5.28. The standard InChI is InChI=1S/C31H43N3O2.2ClH/c1-23(2)19-29(28-21-32-20-27(28)25-7-5-4-6-8-25)33-16-13-31(14-17-33)15-18-34(30(31)35)22-24-9-11-26(36-3)12-10-24;;/h4-12,23,27-29,32H,13-22H2,1-3H3;2*1H/t27-,28-,29?;;/m1../s1. The molecule has 5 nitrogen and oxygen atoms in total. The van der Waals surface area contributed by atoms with Gasteiger partial charge in [0.05, 0.1) is 12.5 Å². The van der Waals surface area contributed by atoms with Gasteiger partial charge in [0.15, 0.2) is 0 Å². The molecule has 1 unspecified atom stereocenters. The summed E-state index contributed by atoms with van der Waals surface area (Å²) in [6.45, 7) is 10.5. The maximum absolute atomic E-state index is 13.6. The van der Waals surface area contributed by atoms with E-state index in [1.54, 1.807) is 7.11 Å². The zero-order chi connectivity index (χ0) is 25.1. The van der Waals surface area contributed by atoms with Gasteiger partial charge < -0.3 is 15.0 Å². The topological polar surface area (TPSA) is 44.8 Å². The molecule has 210 valence electrons. The summed E-state index contributed by atoms with van der Waals surface area (Å²) >= 11 is 0. The first-order valence-corrected chi connectivity index (χ1v) is 13.9. The van der Waals surface area contributed by atoms with Gasteiger partial charge in [0, 0.05) is 38.1 Å². The molecule has 2 aromatic rings. The van der Waals surface area contributed by atoms with Crippen LogP contribution in [0.2, 0.25) is 0 Å². The Balaban J connectivity index is 0.00000200. The minimum absolute atomic E-state index is 0. The van der Waals surface area contributed by atoms with Crippen LogP contribution in [0.5, 0.6) is 5.75 Å². The molecule has 2 aromatic carbocycles. The molecular formula is C31H45Cl2N3O2. The van der Waals surface area contributed by atoms with Crippen LogP contribution in [-0.2, 0) is 11.3 Å². The number of nitrogens with zero attached hydrogens (tertiary/aromatic N) is 2. The van der Waals surface area contributed by atoms with Gasteiger partial charge in [-0.1, -0.05) is 56.3 Å². The maximum Gasteiger partial charge on any atom is 0.229 e. The average Bonchev–Trinajstić information content (AvgIpc) is 3.50. The second-order valence-electron chi connectivity index (χ2n) is 11.7. The molecule has 0 bridgehead atoms.